The molecule has 0 aliphatic rings. The molecule has 84 valence electrons. The molecule has 2 rings (SSSR count). The second-order valence-corrected chi connectivity index (χ2v) is 4.47. The van der Waals surface area contributed by atoms with Crippen LogP contribution in [0.4, 0.5) is 5.69 Å². The maximum Gasteiger partial charge on any atom is 0.228 e. The zero-order valence-electron chi connectivity index (χ0n) is 9.27. The van der Waals surface area contributed by atoms with Gasteiger partial charge in [-0.2, -0.15) is 0 Å². The maximum absolute atomic E-state index is 7.07. The fraction of sp³-hybridized carbons (Fsp3) is 0.0714. The normalized spacial score (nSPS) is 9.71. The molecule has 2 aromatic rings. The first-order chi connectivity index (χ1) is 8.20. The van der Waals surface area contributed by atoms with Crippen molar-refractivity contribution in [2.45, 2.75) is 6.92 Å². The van der Waals surface area contributed by atoms with Crippen LogP contribution in [0, 0.1) is 13.5 Å². The van der Waals surface area contributed by atoms with Crippen LogP contribution in [0.3, 0.4) is 0 Å². The summed E-state index contributed by atoms with van der Waals surface area (Å²) < 4.78 is 6.61. The van der Waals surface area contributed by atoms with Crippen molar-refractivity contribution in [2.24, 2.45) is 0 Å². The number of para-hydroxylation sites is 2. The Morgan fingerprint density at radius 1 is 1.12 bits per heavy atom. The van der Waals surface area contributed by atoms with Crippen LogP contribution >= 0.6 is 15.9 Å². The van der Waals surface area contributed by atoms with Gasteiger partial charge < -0.3 is 4.74 Å². The minimum Gasteiger partial charge on any atom is -0.467 e. The predicted molar refractivity (Wildman–Crippen MR) is 71.7 cm³/mol. The monoisotopic (exact) mass is 287 g/mol. The van der Waals surface area contributed by atoms with Gasteiger partial charge in [0.1, 0.15) is 11.5 Å². The van der Waals surface area contributed by atoms with Crippen molar-refractivity contribution in [3.63, 3.8) is 0 Å². The third-order valence-corrected chi connectivity index (χ3v) is 2.91. The van der Waals surface area contributed by atoms with E-state index in [1.165, 1.54) is 0 Å². The molecule has 0 amide bonds. The Labute approximate surface area is 109 Å². The molecule has 0 spiro atoms. The molecule has 0 N–H and O–H groups in total. The molecule has 0 fully saturated rings. The second kappa shape index (κ2) is 5.03. The van der Waals surface area contributed by atoms with Crippen molar-refractivity contribution in [1.82, 2.24) is 0 Å². The Hall–Kier alpha value is -1.79. The van der Waals surface area contributed by atoms with Crippen LogP contribution in [0.2, 0.25) is 0 Å². The molecule has 2 nitrogen and oxygen atoms in total. The minimum absolute atomic E-state index is 0.514. The molecule has 0 bridgehead atoms. The SMILES string of the molecule is [C-]#[N+]c1ccccc1Oc1ccc(C)cc1Br. The quantitative estimate of drug-likeness (QED) is 0.701. The van der Waals surface area contributed by atoms with Gasteiger partial charge >= 0.3 is 0 Å². The van der Waals surface area contributed by atoms with Crippen LogP contribution in [0.1, 0.15) is 5.56 Å². The van der Waals surface area contributed by atoms with Crippen LogP contribution in [0.5, 0.6) is 11.5 Å². The lowest BCUT2D eigenvalue weighted by atomic mass is 10.2. The Morgan fingerprint density at radius 2 is 1.88 bits per heavy atom. The molecule has 0 saturated heterocycles. The van der Waals surface area contributed by atoms with E-state index in [1.807, 2.05) is 37.3 Å². The first-order valence-corrected chi connectivity index (χ1v) is 5.90. The van der Waals surface area contributed by atoms with Crippen molar-refractivity contribution < 1.29 is 4.74 Å². The summed E-state index contributed by atoms with van der Waals surface area (Å²) in [6, 6.07) is 13.1. The van der Waals surface area contributed by atoms with Crippen LogP contribution in [-0.4, -0.2) is 0 Å². The van der Waals surface area contributed by atoms with Gasteiger partial charge in [0.15, 0.2) is 0 Å². The molecule has 17 heavy (non-hydrogen) atoms. The first kappa shape index (κ1) is 11.7. The number of benzene rings is 2. The van der Waals surface area contributed by atoms with Crippen LogP contribution in [0.25, 0.3) is 4.85 Å². The van der Waals surface area contributed by atoms with Crippen LogP contribution in [0.15, 0.2) is 46.9 Å². The van der Waals surface area contributed by atoms with Gasteiger partial charge in [0.25, 0.3) is 0 Å². The maximum atomic E-state index is 7.07. The summed E-state index contributed by atoms with van der Waals surface area (Å²) in [7, 11) is 0. The zero-order chi connectivity index (χ0) is 12.3. The van der Waals surface area contributed by atoms with Gasteiger partial charge in [0.2, 0.25) is 5.69 Å². The molecule has 0 radical (unpaired) electrons. The van der Waals surface area contributed by atoms with Crippen molar-refractivity contribution in [3.8, 4) is 11.5 Å². The van der Waals surface area contributed by atoms with E-state index < -0.39 is 0 Å². The van der Waals surface area contributed by atoms with Gasteiger partial charge in [-0.25, -0.2) is 4.85 Å². The van der Waals surface area contributed by atoms with Gasteiger partial charge in [0.05, 0.1) is 11.0 Å². The predicted octanol–water partition coefficient (Wildman–Crippen LogP) is 5.10. The molecule has 0 atom stereocenters. The highest BCUT2D eigenvalue weighted by molar-refractivity contribution is 9.10. The molecule has 0 unspecified atom stereocenters. The highest BCUT2D eigenvalue weighted by Crippen LogP contribution is 2.35. The number of nitrogens with zero attached hydrogens (tertiary/aromatic N) is 1. The van der Waals surface area contributed by atoms with Gasteiger partial charge in [-0.05, 0) is 46.6 Å². The van der Waals surface area contributed by atoms with E-state index in [4.69, 9.17) is 11.3 Å². The van der Waals surface area contributed by atoms with E-state index in [9.17, 15) is 0 Å². The molecule has 0 aliphatic carbocycles. The molecule has 2 aromatic carbocycles. The molecule has 0 saturated carbocycles. The highest BCUT2D eigenvalue weighted by atomic mass is 79.9. The van der Waals surface area contributed by atoms with E-state index in [0.29, 0.717) is 17.2 Å². The van der Waals surface area contributed by atoms with E-state index >= 15 is 0 Å². The lowest BCUT2D eigenvalue weighted by molar-refractivity contribution is 0.482. The van der Waals surface area contributed by atoms with E-state index in [-0.39, 0.29) is 0 Å². The fourth-order valence-electron chi connectivity index (χ4n) is 1.44. The number of halogens is 1. The second-order valence-electron chi connectivity index (χ2n) is 3.62. The summed E-state index contributed by atoms with van der Waals surface area (Å²) in [5.74, 6) is 1.29. The Kier molecular flexibility index (Phi) is 3.46. The molecular weight excluding hydrogens is 278 g/mol. The minimum atomic E-state index is 0.514. The Morgan fingerprint density at radius 3 is 2.59 bits per heavy atom. The summed E-state index contributed by atoms with van der Waals surface area (Å²) in [5, 5.41) is 0. The topological polar surface area (TPSA) is 13.6 Å². The molecule has 3 heteroatoms. The molecule has 0 aromatic heterocycles. The summed E-state index contributed by atoms with van der Waals surface area (Å²) in [5.41, 5.74) is 1.67. The average Bonchev–Trinajstić information content (AvgIpc) is 2.33. The summed E-state index contributed by atoms with van der Waals surface area (Å²) >= 11 is 3.45. The van der Waals surface area contributed by atoms with Gasteiger partial charge in [0, 0.05) is 0 Å². The lowest BCUT2D eigenvalue weighted by Gasteiger charge is -2.09. The molecular formula is C14H10BrNO. The standard InChI is InChI=1S/C14H10BrNO/c1-10-7-8-13(11(15)9-10)17-14-6-4-3-5-12(14)16-2/h3-9H,1H3. The summed E-state index contributed by atoms with van der Waals surface area (Å²) in [4.78, 5) is 3.42. The largest absolute Gasteiger partial charge is 0.467 e. The third kappa shape index (κ3) is 2.66. The first-order valence-electron chi connectivity index (χ1n) is 5.11. The number of ether oxygens (including phenoxy) is 1. The van der Waals surface area contributed by atoms with Crippen molar-refractivity contribution in [1.29, 1.82) is 0 Å². The van der Waals surface area contributed by atoms with E-state index in [2.05, 4.69) is 20.8 Å². The van der Waals surface area contributed by atoms with Crippen LogP contribution < -0.4 is 4.74 Å². The van der Waals surface area contributed by atoms with Crippen molar-refractivity contribution in [2.75, 3.05) is 0 Å². The van der Waals surface area contributed by atoms with E-state index in [0.717, 1.165) is 10.0 Å². The third-order valence-electron chi connectivity index (χ3n) is 2.29. The number of hydrogen-bond acceptors (Lipinski definition) is 1. The molecule has 0 heterocycles. The summed E-state index contributed by atoms with van der Waals surface area (Å²) in [6.45, 7) is 9.09. The average molecular weight is 288 g/mol. The van der Waals surface area contributed by atoms with Crippen molar-refractivity contribution in [3.05, 3.63) is 63.9 Å². The lowest BCUT2D eigenvalue weighted by Crippen LogP contribution is -1.86. The van der Waals surface area contributed by atoms with Gasteiger partial charge in [-0.15, -0.1) is 0 Å². The highest BCUT2D eigenvalue weighted by Gasteiger charge is 2.06. The number of aryl methyl sites for hydroxylation is 1. The smallest absolute Gasteiger partial charge is 0.228 e. The Balaban J connectivity index is 2.35. The van der Waals surface area contributed by atoms with Gasteiger partial charge in [-0.3, -0.25) is 0 Å². The van der Waals surface area contributed by atoms with Gasteiger partial charge in [-0.1, -0.05) is 24.3 Å². The van der Waals surface area contributed by atoms with E-state index in [1.54, 1.807) is 12.1 Å². The van der Waals surface area contributed by atoms with Crippen LogP contribution in [-0.2, 0) is 0 Å². The Bertz CT molecular complexity index is 587. The number of hydrogen-bond donors (Lipinski definition) is 0. The van der Waals surface area contributed by atoms with Crippen molar-refractivity contribution >= 4 is 21.6 Å². The summed E-state index contributed by atoms with van der Waals surface area (Å²) in [6.07, 6.45) is 0. The zero-order valence-corrected chi connectivity index (χ0v) is 10.9. The fourth-order valence-corrected chi connectivity index (χ4v) is 2.02. The number of rotatable bonds is 2. The molecule has 0 aliphatic heterocycles.